The molecule has 0 aromatic carbocycles. The zero-order chi connectivity index (χ0) is 8.10. The minimum absolute atomic E-state index is 0.215. The number of aliphatic hydroxyl groups is 1. The molecule has 0 aromatic heterocycles. The third-order valence-electron chi connectivity index (χ3n) is 2.28. The zero-order valence-electron chi connectivity index (χ0n) is 6.83. The highest BCUT2D eigenvalue weighted by Crippen LogP contribution is 2.20. The van der Waals surface area contributed by atoms with E-state index in [4.69, 9.17) is 15.6 Å². The highest BCUT2D eigenvalue weighted by Gasteiger charge is 2.19. The average molecular weight is 159 g/mol. The van der Waals surface area contributed by atoms with Gasteiger partial charge >= 0.3 is 0 Å². The summed E-state index contributed by atoms with van der Waals surface area (Å²) < 4.78 is 5.22. The van der Waals surface area contributed by atoms with E-state index in [0.29, 0.717) is 12.5 Å². The smallest absolute Gasteiger partial charge is 0.0495 e. The van der Waals surface area contributed by atoms with Gasteiger partial charge in [-0.2, -0.15) is 0 Å². The van der Waals surface area contributed by atoms with Crippen LogP contribution in [-0.2, 0) is 4.74 Å². The van der Waals surface area contributed by atoms with E-state index in [1.165, 1.54) is 0 Å². The van der Waals surface area contributed by atoms with Crippen molar-refractivity contribution in [2.45, 2.75) is 12.8 Å². The Morgan fingerprint density at radius 3 is 2.91 bits per heavy atom. The van der Waals surface area contributed by atoms with E-state index in [-0.39, 0.29) is 12.5 Å². The predicted octanol–water partition coefficient (Wildman–Crippen LogP) is -0.0198. The van der Waals surface area contributed by atoms with Gasteiger partial charge in [0.25, 0.3) is 0 Å². The largest absolute Gasteiger partial charge is 0.396 e. The lowest BCUT2D eigenvalue weighted by Gasteiger charge is -2.14. The van der Waals surface area contributed by atoms with Gasteiger partial charge in [-0.3, -0.25) is 0 Å². The quantitative estimate of drug-likeness (QED) is 0.606. The molecule has 0 bridgehead atoms. The first-order chi connectivity index (χ1) is 5.36. The molecular formula is C8H17NO2. The van der Waals surface area contributed by atoms with E-state index in [1.807, 2.05) is 0 Å². The molecule has 1 aliphatic rings. The van der Waals surface area contributed by atoms with Crippen molar-refractivity contribution in [3.63, 3.8) is 0 Å². The zero-order valence-corrected chi connectivity index (χ0v) is 6.83. The molecule has 0 aromatic rings. The van der Waals surface area contributed by atoms with Gasteiger partial charge in [0, 0.05) is 19.8 Å². The molecular weight excluding hydrogens is 142 g/mol. The lowest BCUT2D eigenvalue weighted by Crippen LogP contribution is -2.21. The normalized spacial score (nSPS) is 27.3. The summed E-state index contributed by atoms with van der Waals surface area (Å²) in [6.07, 6.45) is 2.16. The van der Waals surface area contributed by atoms with Gasteiger partial charge in [-0.05, 0) is 31.2 Å². The van der Waals surface area contributed by atoms with Gasteiger partial charge in [0.15, 0.2) is 0 Å². The van der Waals surface area contributed by atoms with Crippen molar-refractivity contribution in [3.05, 3.63) is 0 Å². The standard InChI is InChI=1S/C8H17NO2/c9-4-8(5-10)3-7-1-2-11-6-7/h7-8,10H,1-6,9H2. The first-order valence-electron chi connectivity index (χ1n) is 4.25. The lowest BCUT2D eigenvalue weighted by molar-refractivity contribution is 0.167. The molecule has 3 N–H and O–H groups in total. The fraction of sp³-hybridized carbons (Fsp3) is 1.00. The van der Waals surface area contributed by atoms with E-state index in [0.717, 1.165) is 26.1 Å². The maximum absolute atomic E-state index is 8.87. The number of hydrogen-bond donors (Lipinski definition) is 2. The number of ether oxygens (including phenoxy) is 1. The first-order valence-corrected chi connectivity index (χ1v) is 4.25. The minimum Gasteiger partial charge on any atom is -0.396 e. The second-order valence-corrected chi connectivity index (χ2v) is 3.25. The number of rotatable bonds is 4. The summed E-state index contributed by atoms with van der Waals surface area (Å²) >= 11 is 0. The predicted molar refractivity (Wildman–Crippen MR) is 43.2 cm³/mol. The molecule has 1 heterocycles. The van der Waals surface area contributed by atoms with Gasteiger partial charge in [-0.15, -0.1) is 0 Å². The Morgan fingerprint density at radius 2 is 2.45 bits per heavy atom. The first kappa shape index (κ1) is 8.97. The van der Waals surface area contributed by atoms with Crippen LogP contribution in [0.25, 0.3) is 0 Å². The van der Waals surface area contributed by atoms with Gasteiger partial charge < -0.3 is 15.6 Å². The molecule has 3 heteroatoms. The summed E-state index contributed by atoms with van der Waals surface area (Å²) in [6, 6.07) is 0. The minimum atomic E-state index is 0.215. The van der Waals surface area contributed by atoms with Crippen LogP contribution < -0.4 is 5.73 Å². The molecule has 0 aliphatic carbocycles. The van der Waals surface area contributed by atoms with Crippen molar-refractivity contribution in [1.29, 1.82) is 0 Å². The van der Waals surface area contributed by atoms with Crippen molar-refractivity contribution in [1.82, 2.24) is 0 Å². The summed E-state index contributed by atoms with van der Waals surface area (Å²) in [5.41, 5.74) is 5.46. The maximum atomic E-state index is 8.87. The summed E-state index contributed by atoms with van der Waals surface area (Å²) in [4.78, 5) is 0. The number of hydrogen-bond acceptors (Lipinski definition) is 3. The fourth-order valence-electron chi connectivity index (χ4n) is 1.49. The lowest BCUT2D eigenvalue weighted by atomic mass is 9.95. The van der Waals surface area contributed by atoms with E-state index >= 15 is 0 Å². The number of aliphatic hydroxyl groups excluding tert-OH is 1. The molecule has 0 amide bonds. The van der Waals surface area contributed by atoms with Gasteiger partial charge in [0.1, 0.15) is 0 Å². The van der Waals surface area contributed by atoms with Crippen LogP contribution in [0.15, 0.2) is 0 Å². The number of nitrogens with two attached hydrogens (primary N) is 1. The Morgan fingerprint density at radius 1 is 1.64 bits per heavy atom. The third-order valence-corrected chi connectivity index (χ3v) is 2.28. The van der Waals surface area contributed by atoms with Crippen molar-refractivity contribution in [2.24, 2.45) is 17.6 Å². The van der Waals surface area contributed by atoms with Crippen LogP contribution in [0, 0.1) is 11.8 Å². The Hall–Kier alpha value is -0.120. The van der Waals surface area contributed by atoms with Crippen molar-refractivity contribution in [2.75, 3.05) is 26.4 Å². The van der Waals surface area contributed by atoms with Crippen LogP contribution >= 0.6 is 0 Å². The van der Waals surface area contributed by atoms with Crippen LogP contribution in [0.2, 0.25) is 0 Å². The van der Waals surface area contributed by atoms with E-state index < -0.39 is 0 Å². The molecule has 1 fully saturated rings. The van der Waals surface area contributed by atoms with Crippen molar-refractivity contribution < 1.29 is 9.84 Å². The van der Waals surface area contributed by atoms with E-state index in [1.54, 1.807) is 0 Å². The van der Waals surface area contributed by atoms with Crippen molar-refractivity contribution in [3.8, 4) is 0 Å². The molecule has 1 rings (SSSR count). The monoisotopic (exact) mass is 159 g/mol. The Labute approximate surface area is 67.5 Å². The van der Waals surface area contributed by atoms with E-state index in [9.17, 15) is 0 Å². The molecule has 2 unspecified atom stereocenters. The summed E-state index contributed by atoms with van der Waals surface area (Å²) in [7, 11) is 0. The van der Waals surface area contributed by atoms with E-state index in [2.05, 4.69) is 0 Å². The molecule has 66 valence electrons. The van der Waals surface area contributed by atoms with Crippen molar-refractivity contribution >= 4 is 0 Å². The second-order valence-electron chi connectivity index (χ2n) is 3.25. The van der Waals surface area contributed by atoms with Crippen LogP contribution in [0.1, 0.15) is 12.8 Å². The third kappa shape index (κ3) is 2.77. The Balaban J connectivity index is 2.16. The SMILES string of the molecule is NCC(CO)CC1CCOC1. The molecule has 0 radical (unpaired) electrons. The molecule has 11 heavy (non-hydrogen) atoms. The van der Waals surface area contributed by atoms with Gasteiger partial charge in [0.2, 0.25) is 0 Å². The van der Waals surface area contributed by atoms with Gasteiger partial charge in [-0.1, -0.05) is 0 Å². The molecule has 0 spiro atoms. The van der Waals surface area contributed by atoms with Gasteiger partial charge in [-0.25, -0.2) is 0 Å². The highest BCUT2D eigenvalue weighted by molar-refractivity contribution is 4.69. The molecule has 1 aliphatic heterocycles. The molecule has 0 saturated carbocycles. The van der Waals surface area contributed by atoms with Crippen LogP contribution in [0.4, 0.5) is 0 Å². The van der Waals surface area contributed by atoms with Gasteiger partial charge in [0.05, 0.1) is 0 Å². The molecule has 2 atom stereocenters. The Kier molecular flexibility index (Phi) is 3.83. The highest BCUT2D eigenvalue weighted by atomic mass is 16.5. The fourth-order valence-corrected chi connectivity index (χ4v) is 1.49. The van der Waals surface area contributed by atoms with Crippen LogP contribution in [0.3, 0.4) is 0 Å². The Bertz CT molecular complexity index is 98.3. The summed E-state index contributed by atoms with van der Waals surface area (Å²) in [6.45, 7) is 2.55. The topological polar surface area (TPSA) is 55.5 Å². The van der Waals surface area contributed by atoms with Crippen LogP contribution in [0.5, 0.6) is 0 Å². The maximum Gasteiger partial charge on any atom is 0.0495 e. The second kappa shape index (κ2) is 4.70. The molecule has 3 nitrogen and oxygen atoms in total. The summed E-state index contributed by atoms with van der Waals surface area (Å²) in [5, 5.41) is 8.87. The molecule has 1 saturated heterocycles. The summed E-state index contributed by atoms with van der Waals surface area (Å²) in [5.74, 6) is 0.914. The average Bonchev–Trinajstić information content (AvgIpc) is 2.52. The van der Waals surface area contributed by atoms with Crippen LogP contribution in [-0.4, -0.2) is 31.5 Å².